The molecular formula is C18H19NO. The number of ketones is 1. The summed E-state index contributed by atoms with van der Waals surface area (Å²) in [6, 6.07) is 20.5. The van der Waals surface area contributed by atoms with E-state index >= 15 is 0 Å². The number of rotatable bonds is 4. The summed E-state index contributed by atoms with van der Waals surface area (Å²) in [7, 11) is 0. The molecule has 1 fully saturated rings. The second-order valence-corrected chi connectivity index (χ2v) is 5.36. The molecule has 2 heteroatoms. The monoisotopic (exact) mass is 265 g/mol. The number of carbonyl (C=O) groups excluding carboxylic acids is 1. The van der Waals surface area contributed by atoms with Gasteiger partial charge in [0.15, 0.2) is 0 Å². The fraction of sp³-hybridized carbons (Fsp3) is 0.278. The van der Waals surface area contributed by atoms with Gasteiger partial charge in [0.1, 0.15) is 5.78 Å². The van der Waals surface area contributed by atoms with Gasteiger partial charge in [0.25, 0.3) is 0 Å². The van der Waals surface area contributed by atoms with Crippen LogP contribution in [0.5, 0.6) is 0 Å². The Morgan fingerprint density at radius 2 is 1.60 bits per heavy atom. The van der Waals surface area contributed by atoms with E-state index in [1.165, 1.54) is 5.56 Å². The van der Waals surface area contributed by atoms with Crippen molar-refractivity contribution >= 4 is 11.5 Å². The lowest BCUT2D eigenvalue weighted by molar-refractivity contribution is -0.121. The second kappa shape index (κ2) is 5.91. The molecule has 3 rings (SSSR count). The minimum absolute atomic E-state index is 0.0774. The minimum Gasteiger partial charge on any atom is -0.378 e. The Labute approximate surface area is 119 Å². The lowest BCUT2D eigenvalue weighted by atomic mass is 9.90. The molecule has 2 nitrogen and oxygen atoms in total. The second-order valence-electron chi connectivity index (χ2n) is 5.36. The quantitative estimate of drug-likeness (QED) is 0.897. The zero-order valence-electron chi connectivity index (χ0n) is 11.5. The SMILES string of the molecule is O=C1CCC[C@H]1[C@H](Nc1ccccc1)c1ccccc1. The number of hydrogen-bond acceptors (Lipinski definition) is 2. The third-order valence-corrected chi connectivity index (χ3v) is 4.01. The number of carbonyl (C=O) groups is 1. The molecule has 2 atom stereocenters. The summed E-state index contributed by atoms with van der Waals surface area (Å²) < 4.78 is 0. The molecule has 1 aliphatic carbocycles. The van der Waals surface area contributed by atoms with Gasteiger partial charge < -0.3 is 5.32 Å². The summed E-state index contributed by atoms with van der Waals surface area (Å²) in [4.78, 5) is 12.1. The van der Waals surface area contributed by atoms with E-state index in [0.29, 0.717) is 5.78 Å². The van der Waals surface area contributed by atoms with E-state index in [1.807, 2.05) is 36.4 Å². The van der Waals surface area contributed by atoms with Crippen molar-refractivity contribution in [2.24, 2.45) is 5.92 Å². The number of hydrogen-bond donors (Lipinski definition) is 1. The number of para-hydroxylation sites is 1. The topological polar surface area (TPSA) is 29.1 Å². The van der Waals surface area contributed by atoms with E-state index in [2.05, 4.69) is 29.6 Å². The smallest absolute Gasteiger partial charge is 0.138 e. The van der Waals surface area contributed by atoms with Gasteiger partial charge in [0, 0.05) is 18.0 Å². The maximum Gasteiger partial charge on any atom is 0.138 e. The van der Waals surface area contributed by atoms with Gasteiger partial charge in [-0.25, -0.2) is 0 Å². The maximum atomic E-state index is 12.1. The van der Waals surface area contributed by atoms with Crippen LogP contribution in [0.15, 0.2) is 60.7 Å². The summed E-state index contributed by atoms with van der Waals surface area (Å²) in [5.41, 5.74) is 2.26. The number of benzene rings is 2. The maximum absolute atomic E-state index is 12.1. The molecule has 1 N–H and O–H groups in total. The molecular weight excluding hydrogens is 246 g/mol. The predicted molar refractivity (Wildman–Crippen MR) is 81.6 cm³/mol. The summed E-state index contributed by atoms with van der Waals surface area (Å²) >= 11 is 0. The van der Waals surface area contributed by atoms with Crippen LogP contribution in [0.2, 0.25) is 0 Å². The van der Waals surface area contributed by atoms with Crippen LogP contribution in [0.4, 0.5) is 5.69 Å². The van der Waals surface area contributed by atoms with Crippen molar-refractivity contribution in [1.82, 2.24) is 0 Å². The van der Waals surface area contributed by atoms with Crippen molar-refractivity contribution in [3.8, 4) is 0 Å². The fourth-order valence-corrected chi connectivity index (χ4v) is 2.99. The van der Waals surface area contributed by atoms with E-state index in [9.17, 15) is 4.79 Å². The van der Waals surface area contributed by atoms with Gasteiger partial charge in [0.05, 0.1) is 6.04 Å². The third kappa shape index (κ3) is 2.74. The van der Waals surface area contributed by atoms with Crippen LogP contribution in [-0.4, -0.2) is 5.78 Å². The van der Waals surface area contributed by atoms with Crippen LogP contribution in [0.25, 0.3) is 0 Å². The van der Waals surface area contributed by atoms with Crippen molar-refractivity contribution in [3.63, 3.8) is 0 Å². The van der Waals surface area contributed by atoms with Gasteiger partial charge in [-0.2, -0.15) is 0 Å². The lowest BCUT2D eigenvalue weighted by Gasteiger charge is -2.25. The Morgan fingerprint density at radius 1 is 0.950 bits per heavy atom. The zero-order chi connectivity index (χ0) is 13.8. The van der Waals surface area contributed by atoms with Crippen LogP contribution in [0, 0.1) is 5.92 Å². The molecule has 1 saturated carbocycles. The van der Waals surface area contributed by atoms with Crippen LogP contribution < -0.4 is 5.32 Å². The molecule has 2 aromatic rings. The largest absolute Gasteiger partial charge is 0.378 e. The van der Waals surface area contributed by atoms with E-state index in [4.69, 9.17) is 0 Å². The van der Waals surface area contributed by atoms with Gasteiger partial charge in [-0.15, -0.1) is 0 Å². The van der Waals surface area contributed by atoms with Crippen LogP contribution in [0.3, 0.4) is 0 Å². The Balaban J connectivity index is 1.89. The van der Waals surface area contributed by atoms with Crippen molar-refractivity contribution in [3.05, 3.63) is 66.2 Å². The summed E-state index contributed by atoms with van der Waals surface area (Å²) in [6.07, 6.45) is 2.73. The highest BCUT2D eigenvalue weighted by molar-refractivity contribution is 5.84. The molecule has 0 unspecified atom stereocenters. The highest BCUT2D eigenvalue weighted by Crippen LogP contribution is 2.35. The molecule has 0 heterocycles. The van der Waals surface area contributed by atoms with E-state index in [0.717, 1.165) is 24.9 Å². The van der Waals surface area contributed by atoms with Crippen LogP contribution in [-0.2, 0) is 4.79 Å². The first-order valence-electron chi connectivity index (χ1n) is 7.24. The van der Waals surface area contributed by atoms with Gasteiger partial charge in [-0.3, -0.25) is 4.79 Å². The molecule has 20 heavy (non-hydrogen) atoms. The Hall–Kier alpha value is -2.09. The highest BCUT2D eigenvalue weighted by atomic mass is 16.1. The predicted octanol–water partition coefficient (Wildman–Crippen LogP) is 4.21. The molecule has 0 aromatic heterocycles. The third-order valence-electron chi connectivity index (χ3n) is 4.01. The average molecular weight is 265 g/mol. The Morgan fingerprint density at radius 3 is 2.20 bits per heavy atom. The first-order chi connectivity index (χ1) is 9.84. The van der Waals surface area contributed by atoms with Gasteiger partial charge in [-0.1, -0.05) is 48.5 Å². The van der Waals surface area contributed by atoms with E-state index < -0.39 is 0 Å². The lowest BCUT2D eigenvalue weighted by Crippen LogP contribution is -2.24. The Kier molecular flexibility index (Phi) is 3.82. The standard InChI is InChI=1S/C18H19NO/c20-17-13-7-12-16(17)18(14-8-3-1-4-9-14)19-15-10-5-2-6-11-15/h1-6,8-11,16,18-19H,7,12-13H2/t16-,18-/m1/s1. The van der Waals surface area contributed by atoms with E-state index in [-0.39, 0.29) is 12.0 Å². The van der Waals surface area contributed by atoms with Crippen molar-refractivity contribution < 1.29 is 4.79 Å². The number of Topliss-reactive ketones (excluding diaryl/α,β-unsaturated/α-hetero) is 1. The van der Waals surface area contributed by atoms with Crippen molar-refractivity contribution in [2.45, 2.75) is 25.3 Å². The molecule has 1 aliphatic rings. The van der Waals surface area contributed by atoms with Crippen molar-refractivity contribution in [2.75, 3.05) is 5.32 Å². The molecule has 0 saturated heterocycles. The first kappa shape index (κ1) is 12.9. The molecule has 0 amide bonds. The normalized spacial score (nSPS) is 19.8. The van der Waals surface area contributed by atoms with Gasteiger partial charge in [0.2, 0.25) is 0 Å². The Bertz CT molecular complexity index is 564. The molecule has 2 aromatic carbocycles. The number of anilines is 1. The van der Waals surface area contributed by atoms with Gasteiger partial charge in [-0.05, 0) is 30.5 Å². The van der Waals surface area contributed by atoms with Crippen LogP contribution in [0.1, 0.15) is 30.9 Å². The van der Waals surface area contributed by atoms with Gasteiger partial charge >= 0.3 is 0 Å². The highest BCUT2D eigenvalue weighted by Gasteiger charge is 2.32. The first-order valence-corrected chi connectivity index (χ1v) is 7.24. The number of nitrogens with one attached hydrogen (secondary N) is 1. The molecule has 0 aliphatic heterocycles. The minimum atomic E-state index is 0.0774. The van der Waals surface area contributed by atoms with Crippen LogP contribution >= 0.6 is 0 Å². The fourth-order valence-electron chi connectivity index (χ4n) is 2.99. The molecule has 102 valence electrons. The summed E-state index contributed by atoms with van der Waals surface area (Å²) in [6.45, 7) is 0. The zero-order valence-corrected chi connectivity index (χ0v) is 11.5. The molecule has 0 spiro atoms. The van der Waals surface area contributed by atoms with E-state index in [1.54, 1.807) is 0 Å². The van der Waals surface area contributed by atoms with Crippen molar-refractivity contribution in [1.29, 1.82) is 0 Å². The summed E-state index contributed by atoms with van der Waals surface area (Å²) in [5.74, 6) is 0.486. The molecule has 0 radical (unpaired) electrons. The average Bonchev–Trinajstić information content (AvgIpc) is 2.93. The molecule has 0 bridgehead atoms. The summed E-state index contributed by atoms with van der Waals surface area (Å²) in [5, 5.41) is 3.55.